The molecule has 1 aromatic carbocycles. The van der Waals surface area contributed by atoms with E-state index in [0.717, 1.165) is 28.3 Å². The van der Waals surface area contributed by atoms with Crippen LogP contribution in [0.1, 0.15) is 11.1 Å². The van der Waals surface area contributed by atoms with Crippen molar-refractivity contribution in [2.75, 3.05) is 13.1 Å². The smallest absolute Gasteiger partial charge is 0.345 e. The van der Waals surface area contributed by atoms with Crippen LogP contribution in [0.5, 0.6) is 0 Å². The molecule has 0 radical (unpaired) electrons. The van der Waals surface area contributed by atoms with E-state index in [0.29, 0.717) is 12.1 Å². The number of nitrogens with one attached hydrogen (secondary N) is 2. The highest BCUT2D eigenvalue weighted by Crippen LogP contribution is 2.38. The summed E-state index contributed by atoms with van der Waals surface area (Å²) in [6.07, 6.45) is -7.24. The Kier molecular flexibility index (Phi) is 5.92. The maximum Gasteiger partial charge on any atom is 0.416 e. The molecule has 0 unspecified atom stereocenters. The summed E-state index contributed by atoms with van der Waals surface area (Å²) < 4.78 is 78.8. The quantitative estimate of drug-likeness (QED) is 0.528. The number of hydrogen-bond acceptors (Lipinski definition) is 5. The van der Waals surface area contributed by atoms with Crippen molar-refractivity contribution in [3.63, 3.8) is 0 Å². The highest BCUT2D eigenvalue weighted by Gasteiger charge is 2.37. The Bertz CT molecular complexity index is 1060. The molecule has 2 N–H and O–H groups in total. The molecule has 1 saturated heterocycles. The minimum absolute atomic E-state index is 0.0209. The molecule has 9 nitrogen and oxygen atoms in total. The van der Waals surface area contributed by atoms with Crippen LogP contribution < -0.4 is 10.7 Å². The Morgan fingerprint density at radius 2 is 1.69 bits per heavy atom. The minimum Gasteiger partial charge on any atom is -0.345 e. The Hall–Kier alpha value is -3.91. The van der Waals surface area contributed by atoms with Gasteiger partial charge in [-0.15, -0.1) is 5.10 Å². The van der Waals surface area contributed by atoms with Crippen molar-refractivity contribution in [1.29, 1.82) is 0 Å². The number of halogens is 6. The van der Waals surface area contributed by atoms with Crippen molar-refractivity contribution in [3.8, 4) is 11.4 Å². The molecule has 32 heavy (non-hydrogen) atoms. The zero-order valence-corrected chi connectivity index (χ0v) is 15.7. The number of nitrogens with zero attached hydrogens (tertiary/aromatic N) is 4. The van der Waals surface area contributed by atoms with Crippen LogP contribution in [0.2, 0.25) is 0 Å². The van der Waals surface area contributed by atoms with Crippen molar-refractivity contribution < 1.29 is 40.7 Å². The summed E-state index contributed by atoms with van der Waals surface area (Å²) in [6.45, 7) is -0.699. The third-order valence-corrected chi connectivity index (χ3v) is 4.02. The lowest BCUT2D eigenvalue weighted by molar-refractivity contribution is -0.146. The molecule has 170 valence electrons. The average Bonchev–Trinajstić information content (AvgIpc) is 3.17. The van der Waals surface area contributed by atoms with E-state index in [-0.39, 0.29) is 12.6 Å². The highest BCUT2D eigenvalue weighted by atomic mass is 19.4. The van der Waals surface area contributed by atoms with Gasteiger partial charge in [-0.1, -0.05) is 0 Å². The molecule has 0 atom stereocenters. The lowest BCUT2D eigenvalue weighted by Gasteiger charge is -2.26. The van der Waals surface area contributed by atoms with Gasteiger partial charge in [0.2, 0.25) is 5.91 Å². The van der Waals surface area contributed by atoms with Gasteiger partial charge in [0.1, 0.15) is 12.9 Å². The van der Waals surface area contributed by atoms with E-state index < -0.39 is 59.1 Å². The molecule has 1 aromatic heterocycles. The lowest BCUT2D eigenvalue weighted by atomic mass is 10.0. The Balaban J connectivity index is 1.79. The number of rotatable bonds is 4. The second kappa shape index (κ2) is 8.32. The molecule has 1 aliphatic rings. The summed E-state index contributed by atoms with van der Waals surface area (Å²) in [6, 6.07) is 0.920. The molecule has 2 heterocycles. The minimum atomic E-state index is -5.03. The van der Waals surface area contributed by atoms with Gasteiger partial charge in [-0.3, -0.25) is 19.8 Å². The van der Waals surface area contributed by atoms with Gasteiger partial charge in [-0.2, -0.15) is 26.3 Å². The summed E-state index contributed by atoms with van der Waals surface area (Å²) in [5.41, 5.74) is -1.44. The topological polar surface area (TPSA) is 109 Å². The van der Waals surface area contributed by atoms with Crippen LogP contribution in [0.3, 0.4) is 0 Å². The van der Waals surface area contributed by atoms with E-state index in [4.69, 9.17) is 0 Å². The number of alkyl halides is 6. The van der Waals surface area contributed by atoms with Gasteiger partial charge < -0.3 is 5.32 Å². The van der Waals surface area contributed by atoms with E-state index in [2.05, 4.69) is 20.8 Å². The SMILES string of the molecule is O=C(/C=C\n1cnc(-c2cc(C(F)(F)F)cc(C(F)(F)F)c2)n1)NN1CC(=O)NCC1=O. The standard InChI is InChI=1S/C17H12F6N6O3/c18-16(19,20)10-3-9(4-11(5-10)17(21,22)23)15-25-8-28(27-15)2-1-12(30)26-29-7-13(31)24-6-14(29)32/h1-5,8H,6-7H2,(H,24,31)(H,26,30)/b2-1-. The summed E-state index contributed by atoms with van der Waals surface area (Å²) in [5.74, 6) is -2.36. The van der Waals surface area contributed by atoms with Crippen LogP contribution in [-0.4, -0.2) is 50.6 Å². The van der Waals surface area contributed by atoms with E-state index >= 15 is 0 Å². The predicted octanol–water partition coefficient (Wildman–Crippen LogP) is 1.44. The number of amides is 3. The molecular weight excluding hydrogens is 450 g/mol. The zero-order chi connectivity index (χ0) is 23.7. The van der Waals surface area contributed by atoms with Gasteiger partial charge in [0.05, 0.1) is 17.7 Å². The van der Waals surface area contributed by atoms with E-state index in [1.165, 1.54) is 0 Å². The second-order valence-electron chi connectivity index (χ2n) is 6.39. The number of hydrazine groups is 1. The monoisotopic (exact) mass is 462 g/mol. The number of hydrogen-bond donors (Lipinski definition) is 2. The third kappa shape index (κ3) is 5.41. The first kappa shape index (κ1) is 22.8. The van der Waals surface area contributed by atoms with Crippen molar-refractivity contribution in [3.05, 3.63) is 41.7 Å². The van der Waals surface area contributed by atoms with Gasteiger partial charge in [0.15, 0.2) is 5.82 Å². The van der Waals surface area contributed by atoms with Crippen molar-refractivity contribution >= 4 is 23.9 Å². The normalized spacial score (nSPS) is 15.2. The molecule has 3 amide bonds. The molecule has 15 heteroatoms. The third-order valence-electron chi connectivity index (χ3n) is 4.02. The maximum atomic E-state index is 13.0. The Labute approximate surface area is 174 Å². The van der Waals surface area contributed by atoms with Crippen LogP contribution in [-0.2, 0) is 26.7 Å². The van der Waals surface area contributed by atoms with E-state index in [1.807, 2.05) is 0 Å². The molecular formula is C17H12F6N6O3. The van der Waals surface area contributed by atoms with Crippen LogP contribution in [0.15, 0.2) is 30.6 Å². The molecule has 0 bridgehead atoms. The number of carbonyl (C=O) groups excluding carboxylic acids is 3. The number of aromatic nitrogens is 3. The van der Waals surface area contributed by atoms with E-state index in [9.17, 15) is 40.7 Å². The fourth-order valence-electron chi connectivity index (χ4n) is 2.54. The summed E-state index contributed by atoms with van der Waals surface area (Å²) in [7, 11) is 0. The van der Waals surface area contributed by atoms with Crippen LogP contribution >= 0.6 is 0 Å². The maximum absolute atomic E-state index is 13.0. The Morgan fingerprint density at radius 3 is 2.28 bits per heavy atom. The van der Waals surface area contributed by atoms with Gasteiger partial charge in [0.25, 0.3) is 11.8 Å². The van der Waals surface area contributed by atoms with Crippen LogP contribution in [0.25, 0.3) is 17.6 Å². The van der Waals surface area contributed by atoms with Gasteiger partial charge in [0, 0.05) is 17.8 Å². The second-order valence-corrected chi connectivity index (χ2v) is 6.39. The lowest BCUT2D eigenvalue weighted by Crippen LogP contribution is -2.57. The first-order valence-electron chi connectivity index (χ1n) is 8.60. The average molecular weight is 462 g/mol. The molecule has 2 aromatic rings. The number of benzene rings is 1. The predicted molar refractivity (Wildman–Crippen MR) is 93.7 cm³/mol. The molecule has 0 aliphatic carbocycles. The Morgan fingerprint density at radius 1 is 1.06 bits per heavy atom. The van der Waals surface area contributed by atoms with Crippen molar-refractivity contribution in [1.82, 2.24) is 30.5 Å². The van der Waals surface area contributed by atoms with Crippen molar-refractivity contribution in [2.45, 2.75) is 12.4 Å². The molecule has 3 rings (SSSR count). The van der Waals surface area contributed by atoms with E-state index in [1.54, 1.807) is 0 Å². The van der Waals surface area contributed by atoms with Crippen LogP contribution in [0.4, 0.5) is 26.3 Å². The fraction of sp³-hybridized carbons (Fsp3) is 0.235. The molecule has 0 saturated carbocycles. The van der Waals surface area contributed by atoms with Crippen LogP contribution in [0, 0.1) is 0 Å². The highest BCUT2D eigenvalue weighted by molar-refractivity contribution is 5.96. The van der Waals surface area contributed by atoms with Gasteiger partial charge >= 0.3 is 12.4 Å². The van der Waals surface area contributed by atoms with Gasteiger partial charge in [-0.05, 0) is 18.2 Å². The fourth-order valence-corrected chi connectivity index (χ4v) is 2.54. The largest absolute Gasteiger partial charge is 0.416 e. The number of piperazine rings is 1. The van der Waals surface area contributed by atoms with Gasteiger partial charge in [-0.25, -0.2) is 14.7 Å². The molecule has 1 fully saturated rings. The first-order chi connectivity index (χ1) is 14.8. The van der Waals surface area contributed by atoms with Crippen molar-refractivity contribution in [2.24, 2.45) is 0 Å². The zero-order valence-electron chi connectivity index (χ0n) is 15.7. The summed E-state index contributed by atoms with van der Waals surface area (Å²) in [5, 5.41) is 6.78. The first-order valence-corrected chi connectivity index (χ1v) is 8.60. The summed E-state index contributed by atoms with van der Waals surface area (Å²) in [4.78, 5) is 38.4. The number of carbonyl (C=O) groups is 3. The summed E-state index contributed by atoms with van der Waals surface area (Å²) >= 11 is 0. The molecule has 0 spiro atoms. The molecule has 1 aliphatic heterocycles.